The number of halogens is 1. The van der Waals surface area contributed by atoms with Gasteiger partial charge in [0.1, 0.15) is 5.82 Å². The van der Waals surface area contributed by atoms with Crippen molar-refractivity contribution < 1.29 is 8.81 Å². The SMILES string of the molecule is Nc1cc(F)ccc1-c1nc2ncccc2o1. The topological polar surface area (TPSA) is 64.9 Å². The minimum Gasteiger partial charge on any atom is -0.434 e. The van der Waals surface area contributed by atoms with E-state index in [2.05, 4.69) is 9.97 Å². The molecule has 0 aliphatic rings. The van der Waals surface area contributed by atoms with Gasteiger partial charge in [0, 0.05) is 11.9 Å². The average Bonchev–Trinajstić information content (AvgIpc) is 2.72. The predicted molar refractivity (Wildman–Crippen MR) is 61.6 cm³/mol. The molecule has 0 aliphatic carbocycles. The van der Waals surface area contributed by atoms with Crippen LogP contribution in [0, 0.1) is 5.82 Å². The lowest BCUT2D eigenvalue weighted by Gasteiger charge is -2.00. The number of benzene rings is 1. The molecule has 4 nitrogen and oxygen atoms in total. The highest BCUT2D eigenvalue weighted by molar-refractivity contribution is 5.76. The van der Waals surface area contributed by atoms with Crippen LogP contribution in [0.5, 0.6) is 0 Å². The summed E-state index contributed by atoms with van der Waals surface area (Å²) in [4.78, 5) is 8.25. The Balaban J connectivity index is 2.20. The van der Waals surface area contributed by atoms with Gasteiger partial charge >= 0.3 is 0 Å². The van der Waals surface area contributed by atoms with Crippen molar-refractivity contribution >= 4 is 16.9 Å². The molecule has 5 heteroatoms. The summed E-state index contributed by atoms with van der Waals surface area (Å²) < 4.78 is 18.4. The molecule has 0 spiro atoms. The third-order valence-electron chi connectivity index (χ3n) is 2.41. The van der Waals surface area contributed by atoms with Crippen molar-refractivity contribution in [3.63, 3.8) is 0 Å². The molecule has 3 aromatic rings. The van der Waals surface area contributed by atoms with Crippen LogP contribution in [0.1, 0.15) is 0 Å². The van der Waals surface area contributed by atoms with E-state index in [9.17, 15) is 4.39 Å². The molecule has 0 aliphatic heterocycles. The van der Waals surface area contributed by atoms with Gasteiger partial charge in [-0.1, -0.05) is 0 Å². The molecule has 3 rings (SSSR count). The minimum atomic E-state index is -0.388. The number of rotatable bonds is 1. The van der Waals surface area contributed by atoms with Crippen LogP contribution in [-0.2, 0) is 0 Å². The van der Waals surface area contributed by atoms with Crippen molar-refractivity contribution in [2.75, 3.05) is 5.73 Å². The molecule has 0 saturated heterocycles. The molecule has 2 N–H and O–H groups in total. The zero-order valence-electron chi connectivity index (χ0n) is 8.72. The second-order valence-corrected chi connectivity index (χ2v) is 3.58. The monoisotopic (exact) mass is 229 g/mol. The fourth-order valence-corrected chi connectivity index (χ4v) is 1.61. The predicted octanol–water partition coefficient (Wildman–Crippen LogP) is 2.61. The van der Waals surface area contributed by atoms with Crippen LogP contribution in [-0.4, -0.2) is 9.97 Å². The largest absolute Gasteiger partial charge is 0.434 e. The van der Waals surface area contributed by atoms with Gasteiger partial charge in [-0.3, -0.25) is 0 Å². The lowest BCUT2D eigenvalue weighted by molar-refractivity contribution is 0.617. The zero-order chi connectivity index (χ0) is 11.8. The van der Waals surface area contributed by atoms with E-state index in [-0.39, 0.29) is 11.5 Å². The smallest absolute Gasteiger partial charge is 0.230 e. The molecular formula is C12H8FN3O. The quantitative estimate of drug-likeness (QED) is 0.651. The van der Waals surface area contributed by atoms with E-state index in [1.165, 1.54) is 18.2 Å². The van der Waals surface area contributed by atoms with Gasteiger partial charge in [-0.25, -0.2) is 9.37 Å². The van der Waals surface area contributed by atoms with Crippen molar-refractivity contribution in [1.82, 2.24) is 9.97 Å². The van der Waals surface area contributed by atoms with Gasteiger partial charge in [-0.05, 0) is 30.3 Å². The highest BCUT2D eigenvalue weighted by Crippen LogP contribution is 2.28. The number of hydrogen-bond donors (Lipinski definition) is 1. The first-order valence-corrected chi connectivity index (χ1v) is 5.01. The maximum absolute atomic E-state index is 12.9. The molecule has 84 valence electrons. The van der Waals surface area contributed by atoms with Gasteiger partial charge < -0.3 is 10.2 Å². The molecule has 0 bridgehead atoms. The Morgan fingerprint density at radius 1 is 1.24 bits per heavy atom. The zero-order valence-corrected chi connectivity index (χ0v) is 8.72. The first-order valence-electron chi connectivity index (χ1n) is 5.01. The third-order valence-corrected chi connectivity index (χ3v) is 2.41. The summed E-state index contributed by atoms with van der Waals surface area (Å²) in [5, 5.41) is 0. The van der Waals surface area contributed by atoms with Gasteiger partial charge in [0.25, 0.3) is 0 Å². The van der Waals surface area contributed by atoms with E-state index < -0.39 is 0 Å². The number of nitrogen functional groups attached to an aromatic ring is 1. The fourth-order valence-electron chi connectivity index (χ4n) is 1.61. The van der Waals surface area contributed by atoms with Gasteiger partial charge in [0.2, 0.25) is 5.89 Å². The number of anilines is 1. The van der Waals surface area contributed by atoms with E-state index in [1.807, 2.05) is 0 Å². The molecule has 0 unspecified atom stereocenters. The van der Waals surface area contributed by atoms with E-state index in [0.29, 0.717) is 22.7 Å². The van der Waals surface area contributed by atoms with E-state index in [4.69, 9.17) is 10.2 Å². The Bertz CT molecular complexity index is 660. The summed E-state index contributed by atoms with van der Waals surface area (Å²) in [6.45, 7) is 0. The van der Waals surface area contributed by atoms with Crippen LogP contribution in [0.15, 0.2) is 40.9 Å². The lowest BCUT2D eigenvalue weighted by atomic mass is 10.2. The Morgan fingerprint density at radius 2 is 2.12 bits per heavy atom. The van der Waals surface area contributed by atoms with E-state index >= 15 is 0 Å². The Kier molecular flexibility index (Phi) is 2.04. The van der Waals surface area contributed by atoms with Gasteiger partial charge in [0.05, 0.1) is 5.56 Å². The molecule has 0 fully saturated rings. The average molecular weight is 229 g/mol. The van der Waals surface area contributed by atoms with Crippen LogP contribution in [0.2, 0.25) is 0 Å². The van der Waals surface area contributed by atoms with Crippen molar-refractivity contribution in [2.45, 2.75) is 0 Å². The second kappa shape index (κ2) is 3.55. The number of nitrogens with two attached hydrogens (primary N) is 1. The maximum Gasteiger partial charge on any atom is 0.230 e. The van der Waals surface area contributed by atoms with Crippen molar-refractivity contribution in [2.24, 2.45) is 0 Å². The fraction of sp³-hybridized carbons (Fsp3) is 0. The van der Waals surface area contributed by atoms with Crippen molar-refractivity contribution in [3.8, 4) is 11.5 Å². The second-order valence-electron chi connectivity index (χ2n) is 3.58. The molecule has 2 heterocycles. The number of oxazole rings is 1. The van der Waals surface area contributed by atoms with Crippen molar-refractivity contribution in [3.05, 3.63) is 42.3 Å². The summed E-state index contributed by atoms with van der Waals surface area (Å²) in [6.07, 6.45) is 1.63. The Labute approximate surface area is 95.9 Å². The van der Waals surface area contributed by atoms with Crippen molar-refractivity contribution in [1.29, 1.82) is 0 Å². The number of hydrogen-bond acceptors (Lipinski definition) is 4. The first kappa shape index (κ1) is 9.77. The third kappa shape index (κ3) is 1.61. The maximum atomic E-state index is 12.9. The molecule has 2 aromatic heterocycles. The molecule has 0 saturated carbocycles. The number of fused-ring (bicyclic) bond motifs is 1. The summed E-state index contributed by atoms with van der Waals surface area (Å²) in [6, 6.07) is 7.60. The van der Waals surface area contributed by atoms with Crippen LogP contribution in [0.3, 0.4) is 0 Å². The molecule has 1 aromatic carbocycles. The molecule has 17 heavy (non-hydrogen) atoms. The highest BCUT2D eigenvalue weighted by atomic mass is 19.1. The normalized spacial score (nSPS) is 10.9. The molecule has 0 amide bonds. The Morgan fingerprint density at radius 3 is 2.88 bits per heavy atom. The lowest BCUT2D eigenvalue weighted by Crippen LogP contribution is -1.91. The van der Waals surface area contributed by atoms with Crippen LogP contribution in [0.25, 0.3) is 22.7 Å². The van der Waals surface area contributed by atoms with Crippen LogP contribution >= 0.6 is 0 Å². The number of nitrogens with zero attached hydrogens (tertiary/aromatic N) is 2. The summed E-state index contributed by atoms with van der Waals surface area (Å²) >= 11 is 0. The van der Waals surface area contributed by atoms with Gasteiger partial charge in [-0.2, -0.15) is 4.98 Å². The summed E-state index contributed by atoms with van der Waals surface area (Å²) in [5.74, 6) is -0.0447. The Hall–Kier alpha value is -2.43. The summed E-state index contributed by atoms with van der Waals surface area (Å²) in [5.41, 5.74) is 7.64. The minimum absolute atomic E-state index is 0.288. The number of pyridine rings is 1. The highest BCUT2D eigenvalue weighted by Gasteiger charge is 2.11. The first-order chi connectivity index (χ1) is 8.24. The molecule has 0 radical (unpaired) electrons. The van der Waals surface area contributed by atoms with Gasteiger partial charge in [0.15, 0.2) is 11.2 Å². The van der Waals surface area contributed by atoms with E-state index in [0.717, 1.165) is 0 Å². The molecule has 0 atom stereocenters. The standard InChI is InChI=1S/C12H8FN3O/c13-7-3-4-8(9(14)6-7)12-16-11-10(17-12)2-1-5-15-11/h1-6H,14H2. The van der Waals surface area contributed by atoms with Crippen LogP contribution in [0.4, 0.5) is 10.1 Å². The van der Waals surface area contributed by atoms with Gasteiger partial charge in [-0.15, -0.1) is 0 Å². The molecular weight excluding hydrogens is 221 g/mol. The van der Waals surface area contributed by atoms with Crippen LogP contribution < -0.4 is 5.73 Å². The summed E-state index contributed by atoms with van der Waals surface area (Å²) in [7, 11) is 0. The van der Waals surface area contributed by atoms with E-state index in [1.54, 1.807) is 18.3 Å². The number of aromatic nitrogens is 2.